The summed E-state index contributed by atoms with van der Waals surface area (Å²) < 4.78 is 22.0. The lowest BCUT2D eigenvalue weighted by Crippen LogP contribution is -2.05. The van der Waals surface area contributed by atoms with Crippen LogP contribution in [0.2, 0.25) is 0 Å². The highest BCUT2D eigenvalue weighted by molar-refractivity contribution is 7.53. The van der Waals surface area contributed by atoms with Crippen LogP contribution < -0.4 is 14.8 Å². The molecule has 0 bridgehead atoms. The molecule has 0 N–H and O–H groups in total. The molecule has 0 heterocycles. The van der Waals surface area contributed by atoms with Crippen LogP contribution >= 0.6 is 7.80 Å². The maximum Gasteiger partial charge on any atom is 0.171 e. The summed E-state index contributed by atoms with van der Waals surface area (Å²) in [6.45, 7) is 1.90. The van der Waals surface area contributed by atoms with E-state index in [1.807, 2.05) is 19.1 Å². The van der Waals surface area contributed by atoms with Crippen molar-refractivity contribution in [2.45, 2.75) is 6.92 Å². The van der Waals surface area contributed by atoms with Crippen LogP contribution in [0, 0.1) is 0 Å². The highest BCUT2D eigenvalue weighted by atomic mass is 31.1. The number of methoxy groups -OCH3 is 2. The molecule has 3 nitrogen and oxygen atoms in total. The Bertz CT molecular complexity index is 336. The Morgan fingerprint density at radius 3 is 2.50 bits per heavy atom. The molecule has 1 rings (SSSR count). The van der Waals surface area contributed by atoms with Gasteiger partial charge in [0.05, 0.1) is 19.5 Å². The molecule has 0 radical (unpaired) electrons. The number of benzene rings is 1. The molecule has 0 aliphatic heterocycles. The topological polar surface area (TPSA) is 35.5 Å². The Morgan fingerprint density at radius 1 is 1.29 bits per heavy atom. The second-order valence-electron chi connectivity index (χ2n) is 2.82. The number of ether oxygens (including phenoxy) is 2. The average molecular weight is 214 g/mol. The quantitative estimate of drug-likeness (QED) is 0.718. The third-order valence-corrected chi connectivity index (χ3v) is 3.66. The Hall–Kier alpha value is -0.950. The van der Waals surface area contributed by atoms with Crippen molar-refractivity contribution in [1.82, 2.24) is 0 Å². The second-order valence-corrected chi connectivity index (χ2v) is 4.91. The van der Waals surface area contributed by atoms with Crippen molar-refractivity contribution in [3.05, 3.63) is 18.2 Å². The fraction of sp³-hybridized carbons (Fsp3) is 0.400. The summed E-state index contributed by atoms with van der Waals surface area (Å²) in [7, 11) is 1.40. The molecule has 0 aliphatic rings. The van der Waals surface area contributed by atoms with E-state index in [1.165, 1.54) is 0 Å². The minimum absolute atomic E-state index is 0.598. The average Bonchev–Trinajstić information content (AvgIpc) is 2.26. The van der Waals surface area contributed by atoms with Gasteiger partial charge in [-0.3, -0.25) is 0 Å². The van der Waals surface area contributed by atoms with E-state index in [-0.39, 0.29) is 0 Å². The highest BCUT2D eigenvalue weighted by Crippen LogP contribution is 2.32. The SMILES string of the molecule is CC[PH](=O)c1cccc(OC)c1OC. The Kier molecular flexibility index (Phi) is 4.02. The molecule has 0 saturated heterocycles. The monoisotopic (exact) mass is 214 g/mol. The van der Waals surface area contributed by atoms with E-state index in [0.29, 0.717) is 17.7 Å². The molecular weight excluding hydrogens is 199 g/mol. The van der Waals surface area contributed by atoms with E-state index in [1.54, 1.807) is 20.3 Å². The van der Waals surface area contributed by atoms with Crippen LogP contribution in [-0.2, 0) is 4.57 Å². The van der Waals surface area contributed by atoms with E-state index in [9.17, 15) is 4.57 Å². The number of hydrogen-bond donors (Lipinski definition) is 0. The van der Waals surface area contributed by atoms with Gasteiger partial charge in [-0.15, -0.1) is 0 Å². The first-order valence-electron chi connectivity index (χ1n) is 4.48. The third-order valence-electron chi connectivity index (χ3n) is 2.02. The molecule has 1 aromatic carbocycles. The largest absolute Gasteiger partial charge is 0.493 e. The van der Waals surface area contributed by atoms with Gasteiger partial charge < -0.3 is 14.0 Å². The van der Waals surface area contributed by atoms with Gasteiger partial charge in [0.1, 0.15) is 7.80 Å². The standard InChI is InChI=1S/C10H15O3P/c1-4-14(11)9-7-5-6-8(12-2)10(9)13-3/h5-7,14H,4H2,1-3H3. The van der Waals surface area contributed by atoms with E-state index < -0.39 is 7.80 Å². The van der Waals surface area contributed by atoms with Crippen molar-refractivity contribution in [2.75, 3.05) is 20.4 Å². The molecule has 78 valence electrons. The molecule has 0 saturated carbocycles. The number of para-hydroxylation sites is 1. The maximum absolute atomic E-state index is 11.7. The lowest BCUT2D eigenvalue weighted by Gasteiger charge is -2.11. The molecule has 0 aromatic heterocycles. The molecule has 1 unspecified atom stereocenters. The van der Waals surface area contributed by atoms with Crippen LogP contribution in [0.15, 0.2) is 18.2 Å². The van der Waals surface area contributed by atoms with Gasteiger partial charge in [0.25, 0.3) is 0 Å². The van der Waals surface area contributed by atoms with Crippen molar-refractivity contribution in [3.8, 4) is 11.5 Å². The van der Waals surface area contributed by atoms with Crippen LogP contribution in [0.3, 0.4) is 0 Å². The summed E-state index contributed by atoms with van der Waals surface area (Å²) >= 11 is 0. The van der Waals surface area contributed by atoms with Gasteiger partial charge in [0.2, 0.25) is 0 Å². The normalized spacial score (nSPS) is 12.2. The van der Waals surface area contributed by atoms with Crippen molar-refractivity contribution in [1.29, 1.82) is 0 Å². The summed E-state index contributed by atoms with van der Waals surface area (Å²) in [5.41, 5.74) is 0. The molecule has 4 heteroatoms. The first-order valence-corrected chi connectivity index (χ1v) is 6.10. The van der Waals surface area contributed by atoms with Crippen molar-refractivity contribution >= 4 is 13.1 Å². The number of hydrogen-bond acceptors (Lipinski definition) is 3. The van der Waals surface area contributed by atoms with Crippen LogP contribution in [0.25, 0.3) is 0 Å². The molecular formula is C10H15O3P. The zero-order chi connectivity index (χ0) is 10.6. The van der Waals surface area contributed by atoms with Crippen molar-refractivity contribution in [2.24, 2.45) is 0 Å². The number of rotatable bonds is 4. The summed E-state index contributed by atoms with van der Waals surface area (Å²) in [5, 5.41) is 0.763. The summed E-state index contributed by atoms with van der Waals surface area (Å²) in [6.07, 6.45) is 0.647. The lowest BCUT2D eigenvalue weighted by molar-refractivity contribution is 0.357. The van der Waals surface area contributed by atoms with E-state index in [2.05, 4.69) is 0 Å². The summed E-state index contributed by atoms with van der Waals surface area (Å²) in [4.78, 5) is 0. The predicted octanol–water partition coefficient (Wildman–Crippen LogP) is 1.91. The lowest BCUT2D eigenvalue weighted by atomic mass is 10.3. The highest BCUT2D eigenvalue weighted by Gasteiger charge is 2.12. The Labute approximate surface area is 84.8 Å². The molecule has 0 spiro atoms. The first-order chi connectivity index (χ1) is 6.74. The van der Waals surface area contributed by atoms with Gasteiger partial charge in [0.15, 0.2) is 11.5 Å². The molecule has 0 amide bonds. The van der Waals surface area contributed by atoms with Gasteiger partial charge in [-0.05, 0) is 18.3 Å². The van der Waals surface area contributed by atoms with Gasteiger partial charge >= 0.3 is 0 Å². The predicted molar refractivity (Wildman–Crippen MR) is 58.7 cm³/mol. The molecule has 1 aromatic rings. The van der Waals surface area contributed by atoms with Crippen LogP contribution in [0.5, 0.6) is 11.5 Å². The molecule has 0 aliphatic carbocycles. The van der Waals surface area contributed by atoms with Gasteiger partial charge in [-0.25, -0.2) is 0 Å². The van der Waals surface area contributed by atoms with Gasteiger partial charge in [-0.2, -0.15) is 0 Å². The smallest absolute Gasteiger partial charge is 0.171 e. The van der Waals surface area contributed by atoms with Crippen LogP contribution in [-0.4, -0.2) is 20.4 Å². The summed E-state index contributed by atoms with van der Waals surface area (Å²) in [6, 6.07) is 5.45. The fourth-order valence-corrected chi connectivity index (χ4v) is 2.44. The fourth-order valence-electron chi connectivity index (χ4n) is 1.30. The minimum Gasteiger partial charge on any atom is -0.493 e. The second kappa shape index (κ2) is 5.06. The molecule has 0 fully saturated rings. The molecule has 1 atom stereocenters. The third kappa shape index (κ3) is 2.10. The Morgan fingerprint density at radius 2 is 2.00 bits per heavy atom. The van der Waals surface area contributed by atoms with Gasteiger partial charge in [-0.1, -0.05) is 13.0 Å². The van der Waals surface area contributed by atoms with Crippen LogP contribution in [0.4, 0.5) is 0 Å². The Balaban J connectivity index is 3.21. The van der Waals surface area contributed by atoms with E-state index >= 15 is 0 Å². The van der Waals surface area contributed by atoms with E-state index in [0.717, 1.165) is 5.30 Å². The zero-order valence-corrected chi connectivity index (χ0v) is 9.66. The molecule has 14 heavy (non-hydrogen) atoms. The first kappa shape index (κ1) is 11.1. The van der Waals surface area contributed by atoms with Crippen molar-refractivity contribution < 1.29 is 14.0 Å². The zero-order valence-electron chi connectivity index (χ0n) is 8.66. The maximum atomic E-state index is 11.7. The van der Waals surface area contributed by atoms with Crippen LogP contribution in [0.1, 0.15) is 6.92 Å². The summed E-state index contributed by atoms with van der Waals surface area (Å²) in [5.74, 6) is 1.23. The van der Waals surface area contributed by atoms with E-state index in [4.69, 9.17) is 9.47 Å². The minimum atomic E-state index is -1.74. The van der Waals surface area contributed by atoms with Gasteiger partial charge in [0, 0.05) is 0 Å². The van der Waals surface area contributed by atoms with Crippen molar-refractivity contribution in [3.63, 3.8) is 0 Å².